The zero-order chi connectivity index (χ0) is 22.4. The highest BCUT2D eigenvalue weighted by atomic mass is 16.7. The molecule has 0 spiro atoms. The third-order valence-electron chi connectivity index (χ3n) is 5.64. The van der Waals surface area contributed by atoms with Crippen molar-refractivity contribution in [1.29, 1.82) is 0 Å². The van der Waals surface area contributed by atoms with Crippen LogP contribution in [-0.2, 0) is 39.9 Å². The predicted octanol–water partition coefficient (Wildman–Crippen LogP) is 2.29. The lowest BCUT2D eigenvalue weighted by Crippen LogP contribution is -2.54. The van der Waals surface area contributed by atoms with E-state index in [-0.39, 0.29) is 30.3 Å². The first kappa shape index (κ1) is 23.7. The molecule has 8 heteroatoms. The number of carbonyl (C=O) groups excluding carboxylic acids is 2. The van der Waals surface area contributed by atoms with Gasteiger partial charge in [-0.2, -0.15) is 0 Å². The summed E-state index contributed by atoms with van der Waals surface area (Å²) in [6.45, 7) is 7.04. The Bertz CT molecular complexity index is 739. The molecule has 2 saturated heterocycles. The molecule has 2 aliphatic rings. The van der Waals surface area contributed by atoms with Crippen LogP contribution in [0.4, 0.5) is 0 Å². The molecule has 0 amide bonds. The minimum absolute atomic E-state index is 0.261. The van der Waals surface area contributed by atoms with Gasteiger partial charge in [-0.3, -0.25) is 14.5 Å². The van der Waals surface area contributed by atoms with Crippen LogP contribution in [-0.4, -0.2) is 73.8 Å². The molecule has 8 nitrogen and oxygen atoms in total. The highest BCUT2D eigenvalue weighted by Gasteiger charge is 2.42. The van der Waals surface area contributed by atoms with Gasteiger partial charge in [0.1, 0.15) is 18.2 Å². The van der Waals surface area contributed by atoms with Gasteiger partial charge in [0.15, 0.2) is 5.79 Å². The van der Waals surface area contributed by atoms with Gasteiger partial charge in [0.2, 0.25) is 0 Å². The Labute approximate surface area is 183 Å². The monoisotopic (exact) mass is 435 g/mol. The van der Waals surface area contributed by atoms with Crippen LogP contribution in [0.25, 0.3) is 0 Å². The maximum atomic E-state index is 12.5. The highest BCUT2D eigenvalue weighted by Crippen LogP contribution is 2.28. The highest BCUT2D eigenvalue weighted by molar-refractivity contribution is 5.76. The Morgan fingerprint density at radius 1 is 1.26 bits per heavy atom. The van der Waals surface area contributed by atoms with Crippen LogP contribution in [0.5, 0.6) is 0 Å². The number of likely N-dealkylation sites (tertiary alicyclic amines) is 1. The number of nitrogens with zero attached hydrogens (tertiary/aromatic N) is 1. The van der Waals surface area contributed by atoms with E-state index in [0.717, 1.165) is 5.56 Å². The van der Waals surface area contributed by atoms with E-state index in [4.69, 9.17) is 23.7 Å². The van der Waals surface area contributed by atoms with Gasteiger partial charge < -0.3 is 23.7 Å². The number of ether oxygens (including phenoxy) is 5. The van der Waals surface area contributed by atoms with Crippen molar-refractivity contribution in [2.45, 2.75) is 70.4 Å². The molecule has 0 N–H and O–H groups in total. The van der Waals surface area contributed by atoms with E-state index in [2.05, 4.69) is 0 Å². The van der Waals surface area contributed by atoms with Crippen molar-refractivity contribution in [3.8, 4) is 0 Å². The summed E-state index contributed by atoms with van der Waals surface area (Å²) in [7, 11) is 1.37. The van der Waals surface area contributed by atoms with Crippen LogP contribution in [0.15, 0.2) is 30.3 Å². The third-order valence-corrected chi connectivity index (χ3v) is 5.64. The molecular weight excluding hydrogens is 402 g/mol. The van der Waals surface area contributed by atoms with E-state index in [0.29, 0.717) is 39.1 Å². The molecule has 4 atom stereocenters. The number of rotatable bonds is 8. The molecule has 1 aromatic carbocycles. The molecule has 3 rings (SSSR count). The summed E-state index contributed by atoms with van der Waals surface area (Å²) in [5, 5.41) is 0. The van der Waals surface area contributed by atoms with E-state index in [9.17, 15) is 9.59 Å². The summed E-state index contributed by atoms with van der Waals surface area (Å²) in [6.07, 6.45) is 0.172. The van der Waals surface area contributed by atoms with Crippen molar-refractivity contribution in [3.05, 3.63) is 35.9 Å². The average molecular weight is 436 g/mol. The lowest BCUT2D eigenvalue weighted by molar-refractivity contribution is -0.168. The topological polar surface area (TPSA) is 83.5 Å². The van der Waals surface area contributed by atoms with Crippen LogP contribution < -0.4 is 0 Å². The van der Waals surface area contributed by atoms with Gasteiger partial charge in [0, 0.05) is 26.4 Å². The van der Waals surface area contributed by atoms with Crippen LogP contribution >= 0.6 is 0 Å². The zero-order valence-corrected chi connectivity index (χ0v) is 18.7. The van der Waals surface area contributed by atoms with Gasteiger partial charge in [0.25, 0.3) is 0 Å². The largest absolute Gasteiger partial charge is 0.468 e. The van der Waals surface area contributed by atoms with Crippen molar-refractivity contribution in [2.75, 3.05) is 26.8 Å². The summed E-state index contributed by atoms with van der Waals surface area (Å²) in [5.41, 5.74) is 1.06. The summed E-state index contributed by atoms with van der Waals surface area (Å²) in [4.78, 5) is 25.9. The van der Waals surface area contributed by atoms with Crippen LogP contribution in [0.3, 0.4) is 0 Å². The molecule has 1 aromatic rings. The van der Waals surface area contributed by atoms with Crippen LogP contribution in [0.2, 0.25) is 0 Å². The predicted molar refractivity (Wildman–Crippen MR) is 112 cm³/mol. The molecule has 2 aliphatic heterocycles. The van der Waals surface area contributed by atoms with Crippen molar-refractivity contribution in [2.24, 2.45) is 0 Å². The first-order chi connectivity index (χ1) is 14.8. The fourth-order valence-corrected chi connectivity index (χ4v) is 4.11. The molecule has 0 bridgehead atoms. The molecule has 0 aromatic heterocycles. The second-order valence-electron chi connectivity index (χ2n) is 8.49. The van der Waals surface area contributed by atoms with Gasteiger partial charge in [-0.05, 0) is 25.8 Å². The minimum Gasteiger partial charge on any atom is -0.468 e. The molecule has 2 fully saturated rings. The number of hydrogen-bond acceptors (Lipinski definition) is 8. The Hall–Kier alpha value is -2.00. The summed E-state index contributed by atoms with van der Waals surface area (Å²) in [5.74, 6) is -1.37. The number of benzene rings is 1. The first-order valence-corrected chi connectivity index (χ1v) is 10.7. The van der Waals surface area contributed by atoms with Gasteiger partial charge in [0.05, 0.1) is 26.4 Å². The standard InChI is InChI=1S/C23H33NO7/c1-16(25)30-18-10-11-24(19(12-18)22(26)27-4)13-20(21-15-29-23(2,3)31-21)28-14-17-8-6-5-7-9-17/h5-9,18-21H,10-15H2,1-4H3/t18-,19+,20-,21-/m0/s1. The normalized spacial score (nSPS) is 26.9. The zero-order valence-electron chi connectivity index (χ0n) is 18.7. The second kappa shape index (κ2) is 10.5. The molecule has 2 heterocycles. The first-order valence-electron chi connectivity index (χ1n) is 10.7. The van der Waals surface area contributed by atoms with Crippen LogP contribution in [0, 0.1) is 0 Å². The Kier molecular flexibility index (Phi) is 8.05. The molecule has 0 aliphatic carbocycles. The second-order valence-corrected chi connectivity index (χ2v) is 8.49. The number of piperidine rings is 1. The summed E-state index contributed by atoms with van der Waals surface area (Å²) >= 11 is 0. The van der Waals surface area contributed by atoms with Gasteiger partial charge >= 0.3 is 11.9 Å². The van der Waals surface area contributed by atoms with E-state index >= 15 is 0 Å². The fraction of sp³-hybridized carbons (Fsp3) is 0.652. The Balaban J connectivity index is 1.71. The van der Waals surface area contributed by atoms with Gasteiger partial charge in [-0.25, -0.2) is 0 Å². The smallest absolute Gasteiger partial charge is 0.323 e. The maximum absolute atomic E-state index is 12.5. The fourth-order valence-electron chi connectivity index (χ4n) is 4.11. The van der Waals surface area contributed by atoms with Gasteiger partial charge in [-0.1, -0.05) is 30.3 Å². The molecule has 0 unspecified atom stereocenters. The number of methoxy groups -OCH3 is 1. The molecule has 31 heavy (non-hydrogen) atoms. The summed E-state index contributed by atoms with van der Waals surface area (Å²) < 4.78 is 28.5. The van der Waals surface area contributed by atoms with E-state index in [1.54, 1.807) is 0 Å². The van der Waals surface area contributed by atoms with E-state index < -0.39 is 11.8 Å². The number of hydrogen-bond donors (Lipinski definition) is 0. The molecule has 0 saturated carbocycles. The Morgan fingerprint density at radius 2 is 2.00 bits per heavy atom. The van der Waals surface area contributed by atoms with Crippen molar-refractivity contribution >= 4 is 11.9 Å². The van der Waals surface area contributed by atoms with Crippen LogP contribution in [0.1, 0.15) is 39.2 Å². The quantitative estimate of drug-likeness (QED) is 0.575. The molecular formula is C23H33NO7. The lowest BCUT2D eigenvalue weighted by Gasteiger charge is -2.39. The van der Waals surface area contributed by atoms with E-state index in [1.165, 1.54) is 14.0 Å². The number of esters is 2. The average Bonchev–Trinajstić information content (AvgIpc) is 3.11. The molecule has 0 radical (unpaired) electrons. The maximum Gasteiger partial charge on any atom is 0.323 e. The third kappa shape index (κ3) is 6.74. The van der Waals surface area contributed by atoms with Crippen molar-refractivity contribution < 1.29 is 33.3 Å². The lowest BCUT2D eigenvalue weighted by atomic mass is 9.98. The van der Waals surface area contributed by atoms with E-state index in [1.807, 2.05) is 49.1 Å². The van der Waals surface area contributed by atoms with Crippen molar-refractivity contribution in [1.82, 2.24) is 4.90 Å². The Morgan fingerprint density at radius 3 is 2.61 bits per heavy atom. The van der Waals surface area contributed by atoms with Gasteiger partial charge in [-0.15, -0.1) is 0 Å². The minimum atomic E-state index is -0.677. The number of carbonyl (C=O) groups is 2. The summed E-state index contributed by atoms with van der Waals surface area (Å²) in [6, 6.07) is 9.41. The van der Waals surface area contributed by atoms with Crippen molar-refractivity contribution in [3.63, 3.8) is 0 Å². The SMILES string of the molecule is COC(=O)[C@H]1C[C@@H](OC(C)=O)CCN1C[C@H](OCc1ccccc1)[C@@H]1COC(C)(C)O1. The molecule has 172 valence electrons.